The molecule has 318 valence electrons. The van der Waals surface area contributed by atoms with Gasteiger partial charge >= 0.3 is 0 Å². The van der Waals surface area contributed by atoms with Crippen LogP contribution in [-0.2, 0) is 10.8 Å². The Morgan fingerprint density at radius 3 is 1.44 bits per heavy atom. The molecule has 66 heavy (non-hydrogen) atoms. The van der Waals surface area contributed by atoms with Crippen LogP contribution in [0.4, 0.5) is 0 Å². The summed E-state index contributed by atoms with van der Waals surface area (Å²) in [4.78, 5) is 0. The van der Waals surface area contributed by atoms with Crippen LogP contribution >= 0.6 is 0 Å². The van der Waals surface area contributed by atoms with E-state index >= 15 is 0 Å². The first-order chi connectivity index (χ1) is 32.0. The Bertz CT molecular complexity index is 3950. The summed E-state index contributed by atoms with van der Waals surface area (Å²) in [6.45, 7) is 14.7. The predicted molar refractivity (Wildman–Crippen MR) is 279 cm³/mol. The lowest BCUT2D eigenvalue weighted by molar-refractivity contribution is 0.125. The maximum atomic E-state index is 6.40. The molecular weight excluding hydrogens is 801 g/mol. The SMILES string of the molecule is CC1(C)c2cc(-c3ccc(-c4ccc5c(c4)c4ccccc4n5-c4ccccc4)cc3)c(-c3ccc4c(c3)c3ccccc3n4-c3ccc4c(c3)oc3ccccc34)cc2C(C)(C)C1(C)C. The molecule has 0 aliphatic heterocycles. The molecule has 3 aromatic heterocycles. The zero-order valence-electron chi connectivity index (χ0n) is 38.3. The van der Waals surface area contributed by atoms with E-state index in [2.05, 4.69) is 239 Å². The van der Waals surface area contributed by atoms with E-state index < -0.39 is 0 Å². The Labute approximate surface area is 385 Å². The molecule has 1 aliphatic carbocycles. The fourth-order valence-corrected chi connectivity index (χ4v) is 11.7. The first-order valence-electron chi connectivity index (χ1n) is 23.3. The third kappa shape index (κ3) is 5.31. The molecule has 0 spiro atoms. The lowest BCUT2D eigenvalue weighted by Gasteiger charge is -2.44. The zero-order chi connectivity index (χ0) is 44.7. The van der Waals surface area contributed by atoms with Crippen molar-refractivity contribution in [1.82, 2.24) is 9.13 Å². The molecule has 12 aromatic rings. The van der Waals surface area contributed by atoms with Crippen molar-refractivity contribution in [3.63, 3.8) is 0 Å². The largest absolute Gasteiger partial charge is 0.456 e. The number of aromatic nitrogens is 2. The van der Waals surface area contributed by atoms with Gasteiger partial charge in [0.05, 0.1) is 22.1 Å². The summed E-state index contributed by atoms with van der Waals surface area (Å²) < 4.78 is 11.2. The number of benzene rings is 9. The fraction of sp³-hybridized carbons (Fsp3) is 0.143. The first-order valence-corrected chi connectivity index (χ1v) is 23.3. The van der Waals surface area contributed by atoms with Gasteiger partial charge < -0.3 is 13.6 Å². The first kappa shape index (κ1) is 38.8. The van der Waals surface area contributed by atoms with Crippen LogP contribution in [0.25, 0.3) is 110 Å². The van der Waals surface area contributed by atoms with E-state index in [4.69, 9.17) is 4.42 Å². The number of rotatable bonds is 5. The minimum absolute atomic E-state index is 0.0304. The second-order valence-electron chi connectivity index (χ2n) is 20.2. The van der Waals surface area contributed by atoms with Gasteiger partial charge in [0, 0.05) is 49.8 Å². The maximum absolute atomic E-state index is 6.40. The predicted octanol–water partition coefficient (Wildman–Crippen LogP) is 17.4. The molecule has 1 aliphatic rings. The van der Waals surface area contributed by atoms with Crippen LogP contribution in [0.1, 0.15) is 52.7 Å². The normalized spacial score (nSPS) is 15.2. The third-order valence-corrected chi connectivity index (χ3v) is 16.4. The van der Waals surface area contributed by atoms with Gasteiger partial charge in [0.25, 0.3) is 0 Å². The summed E-state index contributed by atoms with van der Waals surface area (Å²) in [5.41, 5.74) is 19.1. The topological polar surface area (TPSA) is 23.0 Å². The molecule has 0 amide bonds. The van der Waals surface area contributed by atoms with Crippen molar-refractivity contribution in [2.45, 2.75) is 52.4 Å². The minimum Gasteiger partial charge on any atom is -0.456 e. The molecule has 0 bridgehead atoms. The van der Waals surface area contributed by atoms with Gasteiger partial charge in [-0.1, -0.05) is 151 Å². The second kappa shape index (κ2) is 13.7. The summed E-state index contributed by atoms with van der Waals surface area (Å²) in [6, 6.07) is 71.7. The van der Waals surface area contributed by atoms with Gasteiger partial charge in [0.2, 0.25) is 0 Å². The molecule has 13 rings (SSSR count). The van der Waals surface area contributed by atoms with Gasteiger partial charge in [-0.2, -0.15) is 0 Å². The molecule has 3 nitrogen and oxygen atoms in total. The molecular formula is C63H50N2O. The van der Waals surface area contributed by atoms with E-state index in [9.17, 15) is 0 Å². The quantitative estimate of drug-likeness (QED) is 0.169. The average Bonchev–Trinajstić information content (AvgIpc) is 4.02. The van der Waals surface area contributed by atoms with Gasteiger partial charge in [-0.25, -0.2) is 0 Å². The van der Waals surface area contributed by atoms with Crippen molar-refractivity contribution in [2.24, 2.45) is 5.41 Å². The number of nitrogens with zero attached hydrogens (tertiary/aromatic N) is 2. The Balaban J connectivity index is 0.966. The van der Waals surface area contributed by atoms with Gasteiger partial charge in [-0.3, -0.25) is 0 Å². The van der Waals surface area contributed by atoms with Crippen LogP contribution in [0.3, 0.4) is 0 Å². The highest BCUT2D eigenvalue weighted by Crippen LogP contribution is 2.63. The summed E-state index contributed by atoms with van der Waals surface area (Å²) in [7, 11) is 0. The van der Waals surface area contributed by atoms with Crippen molar-refractivity contribution >= 4 is 65.6 Å². The number of fused-ring (bicyclic) bond motifs is 10. The van der Waals surface area contributed by atoms with E-state index in [0.29, 0.717) is 0 Å². The second-order valence-corrected chi connectivity index (χ2v) is 20.2. The monoisotopic (exact) mass is 850 g/mol. The number of hydrogen-bond donors (Lipinski definition) is 0. The zero-order valence-corrected chi connectivity index (χ0v) is 38.3. The molecule has 0 atom stereocenters. The molecule has 3 heterocycles. The van der Waals surface area contributed by atoms with Crippen molar-refractivity contribution in [1.29, 1.82) is 0 Å². The van der Waals surface area contributed by atoms with Crippen molar-refractivity contribution in [2.75, 3.05) is 0 Å². The standard InChI is InChI=1S/C63H50N2O/c1-61(2)53-37-49(40-26-24-39(25-27-40)41-28-32-57-51(34-41)45-18-10-13-21-55(45)64(57)43-16-8-7-9-17-43)50(38-54(53)62(3,4)63(61,5)6)42-29-33-58-52(35-42)46-19-11-14-22-56(46)65(58)44-30-31-48-47-20-12-15-23-59(47)66-60(48)36-44/h7-38H,1-6H3. The smallest absolute Gasteiger partial charge is 0.137 e. The maximum Gasteiger partial charge on any atom is 0.137 e. The van der Waals surface area contributed by atoms with Crippen LogP contribution in [0.15, 0.2) is 199 Å². The van der Waals surface area contributed by atoms with Crippen molar-refractivity contribution < 1.29 is 4.42 Å². The Morgan fingerprint density at radius 1 is 0.318 bits per heavy atom. The summed E-state index contributed by atoms with van der Waals surface area (Å²) in [5.74, 6) is 0. The van der Waals surface area contributed by atoms with Crippen LogP contribution in [0, 0.1) is 5.41 Å². The van der Waals surface area contributed by atoms with Crippen LogP contribution < -0.4 is 0 Å². The number of furan rings is 1. The minimum atomic E-state index is -0.0410. The van der Waals surface area contributed by atoms with Gasteiger partial charge in [0.1, 0.15) is 11.2 Å². The molecule has 9 aromatic carbocycles. The average molecular weight is 851 g/mol. The molecule has 0 fully saturated rings. The van der Waals surface area contributed by atoms with E-state index in [0.717, 1.165) is 27.6 Å². The summed E-state index contributed by atoms with van der Waals surface area (Å²) in [6.07, 6.45) is 0. The lowest BCUT2D eigenvalue weighted by atomic mass is 9.59. The summed E-state index contributed by atoms with van der Waals surface area (Å²) >= 11 is 0. The molecule has 0 saturated heterocycles. The molecule has 0 saturated carbocycles. The highest BCUT2D eigenvalue weighted by Gasteiger charge is 2.57. The van der Waals surface area contributed by atoms with E-state index in [1.165, 1.54) is 93.8 Å². The Morgan fingerprint density at radius 2 is 0.788 bits per heavy atom. The van der Waals surface area contributed by atoms with E-state index in [-0.39, 0.29) is 16.2 Å². The van der Waals surface area contributed by atoms with E-state index in [1.54, 1.807) is 0 Å². The highest BCUT2D eigenvalue weighted by atomic mass is 16.3. The van der Waals surface area contributed by atoms with Gasteiger partial charge in [-0.15, -0.1) is 0 Å². The Kier molecular flexibility index (Phi) is 8.06. The highest BCUT2D eigenvalue weighted by molar-refractivity contribution is 6.12. The van der Waals surface area contributed by atoms with Crippen molar-refractivity contribution in [3.05, 3.63) is 205 Å². The van der Waals surface area contributed by atoms with Crippen LogP contribution in [0.5, 0.6) is 0 Å². The lowest BCUT2D eigenvalue weighted by Crippen LogP contribution is -2.42. The number of hydrogen-bond acceptors (Lipinski definition) is 1. The van der Waals surface area contributed by atoms with Gasteiger partial charge in [0.15, 0.2) is 0 Å². The van der Waals surface area contributed by atoms with Gasteiger partial charge in [-0.05, 0) is 140 Å². The molecule has 0 radical (unpaired) electrons. The van der Waals surface area contributed by atoms with Crippen LogP contribution in [0.2, 0.25) is 0 Å². The third-order valence-electron chi connectivity index (χ3n) is 16.4. The molecule has 0 N–H and O–H groups in total. The molecule has 0 unspecified atom stereocenters. The fourth-order valence-electron chi connectivity index (χ4n) is 11.7. The number of para-hydroxylation sites is 4. The van der Waals surface area contributed by atoms with Crippen LogP contribution in [-0.4, -0.2) is 9.13 Å². The summed E-state index contributed by atoms with van der Waals surface area (Å²) in [5, 5.41) is 7.27. The molecule has 3 heteroatoms. The Hall–Kier alpha value is -7.62. The van der Waals surface area contributed by atoms with E-state index in [1.807, 2.05) is 6.07 Å². The van der Waals surface area contributed by atoms with Crippen molar-refractivity contribution in [3.8, 4) is 44.8 Å².